The van der Waals surface area contributed by atoms with Crippen molar-refractivity contribution >= 4 is 47.4 Å². The summed E-state index contributed by atoms with van der Waals surface area (Å²) >= 11 is 3.77. The summed E-state index contributed by atoms with van der Waals surface area (Å²) < 4.78 is 5.43. The Bertz CT molecular complexity index is 772. The van der Waals surface area contributed by atoms with Crippen LogP contribution >= 0.6 is 23.5 Å². The molecule has 6 amide bonds. The molecule has 0 bridgehead atoms. The number of carbonyl (C=O) groups excluding carboxylic acids is 4. The zero-order valence-corrected chi connectivity index (χ0v) is 23.3. The second-order valence-electron chi connectivity index (χ2n) is 10.1. The Morgan fingerprint density at radius 3 is 1.95 bits per heavy atom. The molecule has 214 valence electrons. The highest BCUT2D eigenvalue weighted by Gasteiger charge is 2.43. The molecule has 4 fully saturated rings. The fourth-order valence-electron chi connectivity index (χ4n) is 5.28. The van der Waals surface area contributed by atoms with E-state index >= 15 is 0 Å². The van der Waals surface area contributed by atoms with E-state index in [1.807, 2.05) is 23.5 Å². The third-order valence-electron chi connectivity index (χ3n) is 7.25. The Morgan fingerprint density at radius 2 is 1.34 bits per heavy atom. The normalized spacial score (nSPS) is 29.2. The van der Waals surface area contributed by atoms with Gasteiger partial charge in [0.2, 0.25) is 11.8 Å². The summed E-state index contributed by atoms with van der Waals surface area (Å²) in [6.07, 6.45) is 6.35. The van der Waals surface area contributed by atoms with E-state index < -0.39 is 0 Å². The fourth-order valence-corrected chi connectivity index (χ4v) is 8.37. The number of unbranched alkanes of at least 4 members (excludes halogenated alkanes) is 2. The lowest BCUT2D eigenvalue weighted by Gasteiger charge is -2.16. The van der Waals surface area contributed by atoms with Gasteiger partial charge >= 0.3 is 12.1 Å². The van der Waals surface area contributed by atoms with Crippen LogP contribution in [0.4, 0.5) is 9.59 Å². The van der Waals surface area contributed by atoms with Crippen LogP contribution in [0.5, 0.6) is 0 Å². The summed E-state index contributed by atoms with van der Waals surface area (Å²) in [6.45, 7) is 1.38. The van der Waals surface area contributed by atoms with Crippen molar-refractivity contribution in [3.63, 3.8) is 0 Å². The maximum absolute atomic E-state index is 12.0. The van der Waals surface area contributed by atoms with Crippen LogP contribution in [-0.4, -0.2) is 96.4 Å². The van der Waals surface area contributed by atoms with Crippen LogP contribution in [0.3, 0.4) is 0 Å². The van der Waals surface area contributed by atoms with Crippen molar-refractivity contribution < 1.29 is 28.8 Å². The van der Waals surface area contributed by atoms with E-state index in [4.69, 9.17) is 9.57 Å². The number of carbonyl (C=O) groups is 4. The predicted molar refractivity (Wildman–Crippen MR) is 146 cm³/mol. The predicted octanol–water partition coefficient (Wildman–Crippen LogP) is 0.619. The smallest absolute Gasteiger partial charge is 0.315 e. The van der Waals surface area contributed by atoms with E-state index in [0.717, 1.165) is 50.0 Å². The van der Waals surface area contributed by atoms with Crippen LogP contribution < -0.4 is 32.1 Å². The third-order valence-corrected chi connectivity index (χ3v) is 10.3. The first-order valence-corrected chi connectivity index (χ1v) is 15.7. The molecular weight excluding hydrogens is 532 g/mol. The highest BCUT2D eigenvalue weighted by atomic mass is 32.2. The van der Waals surface area contributed by atoms with Crippen molar-refractivity contribution in [3.05, 3.63) is 0 Å². The first-order valence-electron chi connectivity index (χ1n) is 13.6. The van der Waals surface area contributed by atoms with E-state index in [2.05, 4.69) is 32.1 Å². The Morgan fingerprint density at radius 1 is 0.763 bits per heavy atom. The molecule has 14 heteroatoms. The number of fused-ring (bicyclic) bond motifs is 2. The molecule has 0 radical (unpaired) electrons. The lowest BCUT2D eigenvalue weighted by Crippen LogP contribution is -2.36. The minimum Gasteiger partial charge on any atom is -0.377 e. The summed E-state index contributed by atoms with van der Waals surface area (Å²) in [5, 5.41) is 15.5. The van der Waals surface area contributed by atoms with Gasteiger partial charge in [-0.1, -0.05) is 12.8 Å². The largest absolute Gasteiger partial charge is 0.377 e. The minimum atomic E-state index is -0.152. The van der Waals surface area contributed by atoms with Crippen LogP contribution in [0.25, 0.3) is 0 Å². The van der Waals surface area contributed by atoms with Crippen LogP contribution in [0.1, 0.15) is 51.4 Å². The third kappa shape index (κ3) is 8.82. The van der Waals surface area contributed by atoms with Gasteiger partial charge in [0.05, 0.1) is 44.0 Å². The van der Waals surface area contributed by atoms with Gasteiger partial charge in [-0.2, -0.15) is 23.5 Å². The number of rotatable bonds is 17. The molecule has 0 aromatic carbocycles. The van der Waals surface area contributed by atoms with Crippen LogP contribution in [0.2, 0.25) is 0 Å². The standard InChI is InChI=1S/C24H40N6O6S2/c31-19(7-3-1-5-17-21-15(13-37-17)26-23(33)28-21)25-9-10-35-11-12-36-30-20(32)8-4-2-6-18-22-16(14-38-18)27-24(34)29-22/h15-18,21-22H,1-14H2,(H,25,31)(H,30,32)(H2,26,28,33)(H2,27,29,34). The van der Waals surface area contributed by atoms with E-state index in [9.17, 15) is 19.2 Å². The molecule has 4 aliphatic heterocycles. The number of ether oxygens (including phenoxy) is 1. The zero-order chi connectivity index (χ0) is 26.7. The molecule has 0 spiro atoms. The maximum Gasteiger partial charge on any atom is 0.315 e. The van der Waals surface area contributed by atoms with Gasteiger partial charge in [-0.25, -0.2) is 15.1 Å². The van der Waals surface area contributed by atoms with E-state index in [1.165, 1.54) is 0 Å². The molecule has 12 nitrogen and oxygen atoms in total. The first kappa shape index (κ1) is 29.1. The Hall–Kier alpha value is -1.90. The molecule has 6 atom stereocenters. The summed E-state index contributed by atoms with van der Waals surface area (Å²) in [6, 6.07) is 0.748. The van der Waals surface area contributed by atoms with E-state index in [1.54, 1.807) is 0 Å². The molecule has 0 aromatic rings. The van der Waals surface area contributed by atoms with Gasteiger partial charge < -0.3 is 31.3 Å². The molecule has 4 saturated heterocycles. The van der Waals surface area contributed by atoms with Gasteiger partial charge in [0.25, 0.3) is 0 Å². The number of hydrogen-bond donors (Lipinski definition) is 6. The SMILES string of the molecule is O=C(CCCCC1SCC2NC(=O)NC21)NCCOCCONC(=O)CCCCC1SCC2NC(=O)NC21. The molecule has 38 heavy (non-hydrogen) atoms. The van der Waals surface area contributed by atoms with Crippen molar-refractivity contribution in [3.8, 4) is 0 Å². The molecule has 4 aliphatic rings. The summed E-state index contributed by atoms with van der Waals surface area (Å²) in [4.78, 5) is 51.9. The highest BCUT2D eigenvalue weighted by Crippen LogP contribution is 2.34. The van der Waals surface area contributed by atoms with Crippen molar-refractivity contribution in [1.29, 1.82) is 0 Å². The number of nitrogens with one attached hydrogen (secondary N) is 6. The van der Waals surface area contributed by atoms with Gasteiger partial charge in [-0.05, 0) is 25.7 Å². The van der Waals surface area contributed by atoms with Gasteiger partial charge in [0.15, 0.2) is 0 Å². The summed E-state index contributed by atoms with van der Waals surface area (Å²) in [7, 11) is 0. The van der Waals surface area contributed by atoms with Crippen molar-refractivity contribution in [2.75, 3.05) is 37.9 Å². The Kier molecular flexibility index (Phi) is 11.5. The number of thioether (sulfide) groups is 2. The topological polar surface area (TPSA) is 159 Å². The van der Waals surface area contributed by atoms with Crippen LogP contribution in [0, 0.1) is 0 Å². The lowest BCUT2D eigenvalue weighted by atomic mass is 10.0. The van der Waals surface area contributed by atoms with Gasteiger partial charge in [-0.3, -0.25) is 14.4 Å². The Balaban J connectivity index is 0.893. The van der Waals surface area contributed by atoms with Gasteiger partial charge in [0.1, 0.15) is 0 Å². The molecular formula is C24H40N6O6S2. The average Bonchev–Trinajstić information content (AvgIpc) is 3.63. The molecule has 6 N–H and O–H groups in total. The van der Waals surface area contributed by atoms with Crippen molar-refractivity contribution in [1.82, 2.24) is 32.1 Å². The quantitative estimate of drug-likeness (QED) is 0.0841. The molecule has 6 unspecified atom stereocenters. The van der Waals surface area contributed by atoms with Crippen LogP contribution in [0.15, 0.2) is 0 Å². The van der Waals surface area contributed by atoms with Crippen molar-refractivity contribution in [2.45, 2.75) is 86.0 Å². The molecule has 4 heterocycles. The number of hydroxylamine groups is 1. The fraction of sp³-hybridized carbons (Fsp3) is 0.833. The number of urea groups is 2. The second-order valence-corrected chi connectivity index (χ2v) is 12.6. The second kappa shape index (κ2) is 15.0. The molecule has 4 rings (SSSR count). The lowest BCUT2D eigenvalue weighted by molar-refractivity contribution is -0.135. The summed E-state index contributed by atoms with van der Waals surface area (Å²) in [5.74, 6) is 1.76. The average molecular weight is 573 g/mol. The zero-order valence-electron chi connectivity index (χ0n) is 21.6. The maximum atomic E-state index is 12.0. The number of hydrogen-bond acceptors (Lipinski definition) is 8. The molecule has 0 saturated carbocycles. The number of amides is 6. The van der Waals surface area contributed by atoms with Gasteiger partial charge in [0, 0.05) is 41.4 Å². The Labute approximate surface area is 231 Å². The minimum absolute atomic E-state index is 0.0147. The van der Waals surface area contributed by atoms with Gasteiger partial charge in [-0.15, -0.1) is 0 Å². The monoisotopic (exact) mass is 572 g/mol. The molecule has 0 aliphatic carbocycles. The summed E-state index contributed by atoms with van der Waals surface area (Å²) in [5.41, 5.74) is 2.44. The van der Waals surface area contributed by atoms with E-state index in [0.29, 0.717) is 43.1 Å². The van der Waals surface area contributed by atoms with E-state index in [-0.39, 0.29) is 54.7 Å². The van der Waals surface area contributed by atoms with Crippen LogP contribution in [-0.2, 0) is 19.2 Å². The first-order chi connectivity index (χ1) is 18.5. The van der Waals surface area contributed by atoms with Crippen molar-refractivity contribution in [2.24, 2.45) is 0 Å². The highest BCUT2D eigenvalue weighted by molar-refractivity contribution is 8.00. The molecule has 0 aromatic heterocycles.